The zero-order chi connectivity index (χ0) is 13.1. The van der Waals surface area contributed by atoms with Gasteiger partial charge in [-0.1, -0.05) is 20.8 Å². The second kappa shape index (κ2) is 5.06. The first-order chi connectivity index (χ1) is 7.71. The lowest BCUT2D eigenvalue weighted by atomic mass is 9.93. The summed E-state index contributed by atoms with van der Waals surface area (Å²) in [6, 6.07) is 5.49. The molecule has 0 aliphatic carbocycles. The number of aromatic hydroxyl groups is 1. The summed E-state index contributed by atoms with van der Waals surface area (Å²) in [6.07, 6.45) is 0.768. The van der Waals surface area contributed by atoms with Gasteiger partial charge in [0.25, 0.3) is 0 Å². The van der Waals surface area contributed by atoms with Crippen molar-refractivity contribution in [2.45, 2.75) is 32.1 Å². The van der Waals surface area contributed by atoms with Gasteiger partial charge in [0, 0.05) is 6.54 Å². The van der Waals surface area contributed by atoms with Crippen LogP contribution in [0.3, 0.4) is 0 Å². The Bertz CT molecular complexity index is 458. The van der Waals surface area contributed by atoms with Crippen LogP contribution in [-0.2, 0) is 10.0 Å². The summed E-state index contributed by atoms with van der Waals surface area (Å²) in [4.78, 5) is 0.171. The molecule has 0 aromatic heterocycles. The fourth-order valence-corrected chi connectivity index (χ4v) is 2.30. The van der Waals surface area contributed by atoms with Crippen molar-refractivity contribution in [1.82, 2.24) is 4.72 Å². The van der Waals surface area contributed by atoms with Crippen molar-refractivity contribution in [3.8, 4) is 5.75 Å². The summed E-state index contributed by atoms with van der Waals surface area (Å²) in [5.41, 5.74) is 0.0947. The standard InChI is InChI=1S/C12H19NO3S/c1-12(2,3)8-9-13-17(15,16)11-6-4-10(14)5-7-11/h4-7,13-14H,8-9H2,1-3H3. The van der Waals surface area contributed by atoms with Crippen LogP contribution in [0.4, 0.5) is 0 Å². The molecule has 0 heterocycles. The predicted molar refractivity (Wildman–Crippen MR) is 67.4 cm³/mol. The van der Waals surface area contributed by atoms with E-state index in [-0.39, 0.29) is 16.1 Å². The largest absolute Gasteiger partial charge is 0.508 e. The van der Waals surface area contributed by atoms with Gasteiger partial charge < -0.3 is 5.11 Å². The molecule has 0 fully saturated rings. The van der Waals surface area contributed by atoms with E-state index in [1.807, 2.05) is 0 Å². The van der Waals surface area contributed by atoms with Crippen LogP contribution in [0.1, 0.15) is 27.2 Å². The van der Waals surface area contributed by atoms with E-state index in [1.54, 1.807) is 0 Å². The Morgan fingerprint density at radius 2 is 1.71 bits per heavy atom. The number of phenols is 1. The monoisotopic (exact) mass is 257 g/mol. The van der Waals surface area contributed by atoms with Crippen LogP contribution in [0.2, 0.25) is 0 Å². The highest BCUT2D eigenvalue weighted by Gasteiger charge is 2.15. The van der Waals surface area contributed by atoms with E-state index in [9.17, 15) is 8.42 Å². The zero-order valence-corrected chi connectivity index (χ0v) is 11.2. The van der Waals surface area contributed by atoms with Crippen molar-refractivity contribution >= 4 is 10.0 Å². The maximum atomic E-state index is 11.8. The SMILES string of the molecule is CC(C)(C)CCNS(=O)(=O)c1ccc(O)cc1. The third-order valence-corrected chi connectivity index (χ3v) is 3.79. The molecule has 1 rings (SSSR count). The fraction of sp³-hybridized carbons (Fsp3) is 0.500. The van der Waals surface area contributed by atoms with Gasteiger partial charge in [-0.3, -0.25) is 0 Å². The first-order valence-corrected chi connectivity index (χ1v) is 6.98. The summed E-state index contributed by atoms with van der Waals surface area (Å²) in [6.45, 7) is 6.58. The number of benzene rings is 1. The number of hydrogen-bond donors (Lipinski definition) is 2. The zero-order valence-electron chi connectivity index (χ0n) is 10.4. The van der Waals surface area contributed by atoms with Crippen LogP contribution in [-0.4, -0.2) is 20.1 Å². The van der Waals surface area contributed by atoms with Crippen LogP contribution < -0.4 is 4.72 Å². The normalized spacial score (nSPS) is 12.6. The van der Waals surface area contributed by atoms with E-state index < -0.39 is 10.0 Å². The number of hydrogen-bond acceptors (Lipinski definition) is 3. The van der Waals surface area contributed by atoms with Crippen molar-refractivity contribution < 1.29 is 13.5 Å². The lowest BCUT2D eigenvalue weighted by Crippen LogP contribution is -2.27. The molecule has 0 amide bonds. The highest BCUT2D eigenvalue weighted by molar-refractivity contribution is 7.89. The maximum absolute atomic E-state index is 11.8. The van der Waals surface area contributed by atoms with E-state index >= 15 is 0 Å². The van der Waals surface area contributed by atoms with Crippen molar-refractivity contribution in [3.05, 3.63) is 24.3 Å². The molecule has 0 unspecified atom stereocenters. The Morgan fingerprint density at radius 1 is 1.18 bits per heavy atom. The van der Waals surface area contributed by atoms with Gasteiger partial charge in [0.15, 0.2) is 0 Å². The highest BCUT2D eigenvalue weighted by atomic mass is 32.2. The Labute approximate surface area is 103 Å². The van der Waals surface area contributed by atoms with E-state index in [1.165, 1.54) is 24.3 Å². The number of nitrogens with one attached hydrogen (secondary N) is 1. The molecular formula is C12H19NO3S. The van der Waals surface area contributed by atoms with Gasteiger partial charge in [0.2, 0.25) is 10.0 Å². The molecule has 0 aliphatic heterocycles. The molecule has 96 valence electrons. The van der Waals surface area contributed by atoms with Crippen molar-refractivity contribution in [2.24, 2.45) is 5.41 Å². The Hall–Kier alpha value is -1.07. The van der Waals surface area contributed by atoms with Crippen LogP contribution in [0.25, 0.3) is 0 Å². The summed E-state index contributed by atoms with van der Waals surface area (Å²) in [5.74, 6) is 0.0543. The summed E-state index contributed by atoms with van der Waals surface area (Å²) in [5, 5.41) is 9.09. The first-order valence-electron chi connectivity index (χ1n) is 5.49. The van der Waals surface area contributed by atoms with Crippen molar-refractivity contribution in [2.75, 3.05) is 6.54 Å². The van der Waals surface area contributed by atoms with Gasteiger partial charge in [-0.2, -0.15) is 0 Å². The second-order valence-corrected chi connectivity index (χ2v) is 6.97. The molecule has 1 aromatic rings. The van der Waals surface area contributed by atoms with Crippen LogP contribution in [0.15, 0.2) is 29.2 Å². The Kier molecular flexibility index (Phi) is 4.16. The van der Waals surface area contributed by atoms with Gasteiger partial charge in [-0.25, -0.2) is 13.1 Å². The highest BCUT2D eigenvalue weighted by Crippen LogP contribution is 2.18. The molecule has 0 bridgehead atoms. The van der Waals surface area contributed by atoms with Crippen LogP contribution >= 0.6 is 0 Å². The fourth-order valence-electron chi connectivity index (χ4n) is 1.27. The quantitative estimate of drug-likeness (QED) is 0.868. The third-order valence-electron chi connectivity index (χ3n) is 2.31. The van der Waals surface area contributed by atoms with Crippen molar-refractivity contribution in [1.29, 1.82) is 0 Å². The lowest BCUT2D eigenvalue weighted by Gasteiger charge is -2.18. The number of sulfonamides is 1. The van der Waals surface area contributed by atoms with E-state index in [4.69, 9.17) is 5.11 Å². The molecule has 0 atom stereocenters. The maximum Gasteiger partial charge on any atom is 0.240 e. The minimum absolute atomic E-state index is 0.0543. The van der Waals surface area contributed by atoms with Gasteiger partial charge in [-0.15, -0.1) is 0 Å². The molecule has 0 aliphatic rings. The molecule has 5 heteroatoms. The van der Waals surface area contributed by atoms with Gasteiger partial charge in [-0.05, 0) is 36.1 Å². The molecule has 4 nitrogen and oxygen atoms in total. The molecule has 0 radical (unpaired) electrons. The average molecular weight is 257 g/mol. The molecule has 0 saturated heterocycles. The van der Waals surface area contributed by atoms with Gasteiger partial charge in [0.1, 0.15) is 5.75 Å². The number of phenolic OH excluding ortho intramolecular Hbond substituents is 1. The average Bonchev–Trinajstić information content (AvgIpc) is 2.15. The van der Waals surface area contributed by atoms with Gasteiger partial charge >= 0.3 is 0 Å². The Morgan fingerprint density at radius 3 is 2.18 bits per heavy atom. The van der Waals surface area contributed by atoms with E-state index in [0.29, 0.717) is 6.54 Å². The molecule has 0 saturated carbocycles. The van der Waals surface area contributed by atoms with E-state index in [2.05, 4.69) is 25.5 Å². The van der Waals surface area contributed by atoms with Crippen LogP contribution in [0.5, 0.6) is 5.75 Å². The Balaban J connectivity index is 2.66. The minimum Gasteiger partial charge on any atom is -0.508 e. The lowest BCUT2D eigenvalue weighted by molar-refractivity contribution is 0.378. The summed E-state index contributed by atoms with van der Waals surface area (Å²) in [7, 11) is -3.46. The van der Waals surface area contributed by atoms with Gasteiger partial charge in [0.05, 0.1) is 4.90 Å². The summed E-state index contributed by atoms with van der Waals surface area (Å²) >= 11 is 0. The van der Waals surface area contributed by atoms with Crippen molar-refractivity contribution in [3.63, 3.8) is 0 Å². The third kappa shape index (κ3) is 4.75. The predicted octanol–water partition coefficient (Wildman–Crippen LogP) is 2.11. The molecule has 1 aromatic carbocycles. The smallest absolute Gasteiger partial charge is 0.240 e. The molecule has 0 spiro atoms. The second-order valence-electron chi connectivity index (χ2n) is 5.20. The van der Waals surface area contributed by atoms with E-state index in [0.717, 1.165) is 6.42 Å². The topological polar surface area (TPSA) is 66.4 Å². The minimum atomic E-state index is -3.46. The molecule has 17 heavy (non-hydrogen) atoms. The molecule has 2 N–H and O–H groups in total. The summed E-state index contributed by atoms with van der Waals surface area (Å²) < 4.78 is 26.2. The van der Waals surface area contributed by atoms with Crippen LogP contribution in [0, 0.1) is 5.41 Å². The first kappa shape index (κ1) is 14.0. The number of rotatable bonds is 4. The molecular weight excluding hydrogens is 238 g/mol.